The molecule has 0 bridgehead atoms. The van der Waals surface area contributed by atoms with Crippen LogP contribution in [0, 0.1) is 17.8 Å². The van der Waals surface area contributed by atoms with Crippen molar-refractivity contribution < 1.29 is 67.4 Å². The van der Waals surface area contributed by atoms with Crippen LogP contribution in [0.1, 0.15) is 138 Å². The zero-order valence-electron chi connectivity index (χ0n) is 63.8. The fourth-order valence-electron chi connectivity index (χ4n) is 12.9. The molecular formula is C77H116N12O14. The molecule has 568 valence electrons. The molecule has 26 heteroatoms. The van der Waals surface area contributed by atoms with Crippen LogP contribution in [0.5, 0.6) is 0 Å². The van der Waals surface area contributed by atoms with Gasteiger partial charge in [-0.05, 0) is 94.2 Å². The molecule has 0 aliphatic carbocycles. The Morgan fingerprint density at radius 1 is 0.524 bits per heavy atom. The summed E-state index contributed by atoms with van der Waals surface area (Å²) in [6.07, 6.45) is 0.557. The molecular weight excluding hydrogens is 1320 g/mol. The maximum absolute atomic E-state index is 15.4. The van der Waals surface area contributed by atoms with Crippen LogP contribution in [-0.4, -0.2) is 263 Å². The first-order valence-electron chi connectivity index (χ1n) is 36.3. The number of hydrogen-bond acceptors (Lipinski definition) is 14. The molecule has 3 aromatic rings. The van der Waals surface area contributed by atoms with E-state index in [9.17, 15) is 29.1 Å². The smallest absolute Gasteiger partial charge is 0.248 e. The molecule has 2 aliphatic rings. The van der Waals surface area contributed by atoms with Gasteiger partial charge in [0.25, 0.3) is 0 Å². The number of rotatable bonds is 17. The number of aliphatic hydroxyl groups excluding tert-OH is 1. The third kappa shape index (κ3) is 24.4. The largest absolute Gasteiger partial charge is 0.391 e. The van der Waals surface area contributed by atoms with E-state index >= 15 is 33.6 Å². The molecule has 5 N–H and O–H groups in total. The fourth-order valence-corrected chi connectivity index (χ4v) is 12.9. The van der Waals surface area contributed by atoms with E-state index in [-0.39, 0.29) is 38.1 Å². The van der Waals surface area contributed by atoms with Gasteiger partial charge in [0, 0.05) is 81.2 Å². The first-order chi connectivity index (χ1) is 48.5. The topological polar surface area (TPSA) is 308 Å². The van der Waals surface area contributed by atoms with Gasteiger partial charge in [0.2, 0.25) is 70.9 Å². The van der Waals surface area contributed by atoms with Gasteiger partial charge in [0.15, 0.2) is 0 Å². The summed E-state index contributed by atoms with van der Waals surface area (Å²) in [5.41, 5.74) is 1.04. The normalized spacial score (nSPS) is 24.3. The number of carbonyl (C=O) groups is 12. The Morgan fingerprint density at radius 2 is 0.990 bits per heavy atom. The minimum atomic E-state index is -1.70. The second-order valence-corrected chi connectivity index (χ2v) is 29.6. The number of aliphatic hydroxyl groups is 1. The van der Waals surface area contributed by atoms with Crippen LogP contribution in [0.15, 0.2) is 91.0 Å². The van der Waals surface area contributed by atoms with E-state index in [1.54, 1.807) is 144 Å². The summed E-state index contributed by atoms with van der Waals surface area (Å²) in [6.45, 7) is 18.1. The molecule has 0 radical (unpaired) electrons. The lowest BCUT2D eigenvalue weighted by Crippen LogP contribution is -2.62. The van der Waals surface area contributed by atoms with E-state index in [4.69, 9.17) is 4.74 Å². The van der Waals surface area contributed by atoms with Crippen molar-refractivity contribution in [2.75, 3.05) is 81.6 Å². The number of piperidine rings is 1. The zero-order valence-corrected chi connectivity index (χ0v) is 63.8. The standard InChI is InChI=1S/C77H116N12O14/c1-18-38-89-47-64(93)83(13)59(42-53-32-24-20-25-33-53)69(95)80-65(51(7)19-2)76(102)86(16)60(43-54-34-26-21-27-35-54)70(96)81-66(52(8)90)75(101)82(12)46-63(92)84(14)61(44-55-36-28-22-29-37-55)74(100)85(15)58(41-49(3)4)68(94)79-57(48-103-77(9,10)11)72(98)87(17)67(50(5)6)71(97)78-56(45-62(89)91)73(99)88-39-30-23-31-40-88/h20-22,24-29,32-37,49-52,56-61,65-67,90H,18-19,23,30-31,38-48H2,1-17H3,(H,78,97)(H,79,94)(H,80,95)(H,81,96)/t51-,52+,56-,57-,58-,59-,60-,61-,65-,66-,67-/m0/s1. The molecule has 2 aliphatic heterocycles. The minimum absolute atomic E-state index is 0.0204. The maximum atomic E-state index is 15.4. The summed E-state index contributed by atoms with van der Waals surface area (Å²) in [5, 5.41) is 22.7. The van der Waals surface area contributed by atoms with E-state index in [1.165, 1.54) is 73.7 Å². The SMILES string of the molecule is CCCN1CC(=O)N(C)[C@@H](Cc2ccccc2)C(=O)N[C@@H]([C@@H](C)CC)C(=O)N(C)[C@@H](Cc2ccccc2)C(=O)N[C@@H]([C@@H](C)O)C(=O)N(C)CC(=O)N(C)[C@@H](Cc2ccccc2)C(=O)N(C)[C@@H](CC(C)C)C(=O)N[C@@H](COC(C)(C)C)C(=O)N(C)[C@@H](C(C)C)C(=O)N[C@H](C(=O)N2CCCCC2)CC1=O. The van der Waals surface area contributed by atoms with Crippen LogP contribution < -0.4 is 21.3 Å². The summed E-state index contributed by atoms with van der Waals surface area (Å²) in [5.74, 6) is -10.3. The summed E-state index contributed by atoms with van der Waals surface area (Å²) in [7, 11) is 8.30. The van der Waals surface area contributed by atoms with Gasteiger partial charge in [0.05, 0.1) is 37.8 Å². The highest BCUT2D eigenvalue weighted by Crippen LogP contribution is 2.23. The van der Waals surface area contributed by atoms with Crippen molar-refractivity contribution in [1.82, 2.24) is 60.5 Å². The van der Waals surface area contributed by atoms with Gasteiger partial charge >= 0.3 is 0 Å². The lowest BCUT2D eigenvalue weighted by molar-refractivity contribution is -0.151. The number of likely N-dealkylation sites (tertiary alicyclic amines) is 1. The second kappa shape index (κ2) is 39.8. The van der Waals surface area contributed by atoms with Gasteiger partial charge in [-0.3, -0.25) is 57.5 Å². The molecule has 3 aromatic carbocycles. The average Bonchev–Trinajstić information content (AvgIpc) is 0.820. The Morgan fingerprint density at radius 3 is 1.47 bits per heavy atom. The Hall–Kier alpha value is -8.78. The van der Waals surface area contributed by atoms with Crippen molar-refractivity contribution in [3.8, 4) is 0 Å². The van der Waals surface area contributed by atoms with Gasteiger partial charge in [-0.15, -0.1) is 0 Å². The third-order valence-corrected chi connectivity index (χ3v) is 19.4. The van der Waals surface area contributed by atoms with E-state index < -0.39 is 175 Å². The summed E-state index contributed by atoms with van der Waals surface area (Å²) < 4.78 is 6.20. The molecule has 0 saturated carbocycles. The lowest BCUT2D eigenvalue weighted by atomic mass is 9.95. The van der Waals surface area contributed by atoms with Crippen molar-refractivity contribution in [2.45, 2.75) is 206 Å². The molecule has 0 unspecified atom stereocenters. The maximum Gasteiger partial charge on any atom is 0.248 e. The molecule has 2 fully saturated rings. The van der Waals surface area contributed by atoms with Crippen molar-refractivity contribution in [2.24, 2.45) is 17.8 Å². The van der Waals surface area contributed by atoms with Crippen LogP contribution >= 0.6 is 0 Å². The van der Waals surface area contributed by atoms with Crippen molar-refractivity contribution in [3.05, 3.63) is 108 Å². The third-order valence-electron chi connectivity index (χ3n) is 19.4. The number of nitrogens with one attached hydrogen (secondary N) is 4. The molecule has 0 aromatic heterocycles. The van der Waals surface area contributed by atoms with Crippen molar-refractivity contribution >= 4 is 70.9 Å². The van der Waals surface area contributed by atoms with Crippen LogP contribution in [0.2, 0.25) is 0 Å². The van der Waals surface area contributed by atoms with Crippen LogP contribution in [0.25, 0.3) is 0 Å². The molecule has 103 heavy (non-hydrogen) atoms. The van der Waals surface area contributed by atoms with E-state index in [0.717, 1.165) is 16.2 Å². The Labute approximate surface area is 609 Å². The van der Waals surface area contributed by atoms with Crippen LogP contribution in [0.3, 0.4) is 0 Å². The quantitative estimate of drug-likeness (QED) is 0.128. The summed E-state index contributed by atoms with van der Waals surface area (Å²) in [6, 6.07) is 13.9. The average molecular weight is 1430 g/mol. The zero-order chi connectivity index (χ0) is 76.7. The lowest BCUT2D eigenvalue weighted by Gasteiger charge is -2.38. The van der Waals surface area contributed by atoms with Gasteiger partial charge in [-0.25, -0.2) is 0 Å². The molecule has 2 heterocycles. The van der Waals surface area contributed by atoms with Crippen molar-refractivity contribution in [3.63, 3.8) is 0 Å². The van der Waals surface area contributed by atoms with Gasteiger partial charge < -0.3 is 70.3 Å². The molecule has 26 nitrogen and oxygen atoms in total. The van der Waals surface area contributed by atoms with Gasteiger partial charge in [-0.2, -0.15) is 0 Å². The Bertz CT molecular complexity index is 3350. The van der Waals surface area contributed by atoms with Crippen LogP contribution in [-0.2, 0) is 81.5 Å². The number of ether oxygens (including phenoxy) is 1. The van der Waals surface area contributed by atoms with Gasteiger partial charge in [-0.1, -0.05) is 146 Å². The number of hydrogen-bond donors (Lipinski definition) is 5. The number of nitrogens with zero attached hydrogens (tertiary/aromatic N) is 8. The Balaban J connectivity index is 1.71. The fraction of sp³-hybridized carbons (Fsp3) is 0.610. The molecule has 12 amide bonds. The first kappa shape index (κ1) is 84.9. The second-order valence-electron chi connectivity index (χ2n) is 29.6. The predicted octanol–water partition coefficient (Wildman–Crippen LogP) is 3.85. The highest BCUT2D eigenvalue weighted by molar-refractivity contribution is 6.00. The molecule has 11 atom stereocenters. The van der Waals surface area contributed by atoms with Crippen molar-refractivity contribution in [1.29, 1.82) is 0 Å². The van der Waals surface area contributed by atoms with E-state index in [2.05, 4.69) is 21.3 Å². The number of likely N-dealkylation sites (N-methyl/N-ethyl adjacent to an activating group) is 6. The molecule has 5 rings (SSSR count). The summed E-state index contributed by atoms with van der Waals surface area (Å²) in [4.78, 5) is 191. The highest BCUT2D eigenvalue weighted by Gasteiger charge is 2.44. The molecule has 2 saturated heterocycles. The van der Waals surface area contributed by atoms with E-state index in [1.807, 2.05) is 20.8 Å². The summed E-state index contributed by atoms with van der Waals surface area (Å²) >= 11 is 0. The number of carbonyl (C=O) groups excluding carboxylic acids is 12. The number of amides is 12. The van der Waals surface area contributed by atoms with Gasteiger partial charge in [0.1, 0.15) is 54.4 Å². The van der Waals surface area contributed by atoms with E-state index in [0.29, 0.717) is 55.5 Å². The first-order valence-corrected chi connectivity index (χ1v) is 36.3. The highest BCUT2D eigenvalue weighted by atomic mass is 16.5. The minimum Gasteiger partial charge on any atom is -0.391 e. The monoisotopic (exact) mass is 1430 g/mol. The predicted molar refractivity (Wildman–Crippen MR) is 392 cm³/mol. The van der Waals surface area contributed by atoms with Crippen LogP contribution in [0.4, 0.5) is 0 Å². The molecule has 0 spiro atoms. The Kier molecular flexibility index (Phi) is 32.8. The number of benzene rings is 3.